The Hall–Kier alpha value is -3.45. The van der Waals surface area contributed by atoms with Crippen LogP contribution in [0, 0.1) is 0 Å². The number of aliphatic hydroxyl groups excluding tert-OH is 1. The van der Waals surface area contributed by atoms with Crippen LogP contribution in [0.1, 0.15) is 27.5 Å². The summed E-state index contributed by atoms with van der Waals surface area (Å²) in [4.78, 5) is 22.9. The van der Waals surface area contributed by atoms with Crippen molar-refractivity contribution < 1.29 is 14.6 Å². The van der Waals surface area contributed by atoms with Gasteiger partial charge in [-0.15, -0.1) is 0 Å². The average Bonchev–Trinajstić information content (AvgIpc) is 3.05. The minimum absolute atomic E-state index is 0.124. The molecule has 28 heavy (non-hydrogen) atoms. The second kappa shape index (κ2) is 7.28. The Balaban J connectivity index is 1.66. The van der Waals surface area contributed by atoms with Gasteiger partial charge < -0.3 is 20.5 Å². The minimum atomic E-state index is -0.451. The molecule has 4 rings (SSSR count). The van der Waals surface area contributed by atoms with E-state index in [1.807, 2.05) is 42.5 Å². The highest BCUT2D eigenvalue weighted by Crippen LogP contribution is 2.34. The van der Waals surface area contributed by atoms with E-state index < -0.39 is 6.04 Å². The first kappa shape index (κ1) is 17.9. The van der Waals surface area contributed by atoms with Crippen LogP contribution in [0.3, 0.4) is 0 Å². The predicted molar refractivity (Wildman–Crippen MR) is 105 cm³/mol. The number of carbonyl (C=O) groups excluding carboxylic acids is 1. The summed E-state index contributed by atoms with van der Waals surface area (Å²) in [6.45, 7) is 0.255. The largest absolute Gasteiger partial charge is 0.497 e. The molecule has 1 aliphatic heterocycles. The number of amides is 1. The SMILES string of the molecule is COc1cccc(C(CO)N2Cc3ccc(-c4ccnc(N)n4)cc3C2=O)c1. The number of ether oxygens (including phenoxy) is 1. The molecule has 1 aromatic heterocycles. The number of methoxy groups -OCH3 is 1. The summed E-state index contributed by atoms with van der Waals surface area (Å²) in [7, 11) is 1.59. The number of carbonyl (C=O) groups is 1. The molecule has 3 aromatic rings. The van der Waals surface area contributed by atoms with Crippen LogP contribution in [-0.4, -0.2) is 39.6 Å². The fourth-order valence-corrected chi connectivity index (χ4v) is 3.50. The third-order valence-electron chi connectivity index (χ3n) is 4.94. The highest BCUT2D eigenvalue weighted by Gasteiger charge is 2.33. The lowest BCUT2D eigenvalue weighted by atomic mass is 10.0. The average molecular weight is 376 g/mol. The second-order valence-corrected chi connectivity index (χ2v) is 6.58. The molecule has 7 nitrogen and oxygen atoms in total. The fraction of sp³-hybridized carbons (Fsp3) is 0.190. The number of hydrogen-bond acceptors (Lipinski definition) is 6. The summed E-state index contributed by atoms with van der Waals surface area (Å²) >= 11 is 0. The lowest BCUT2D eigenvalue weighted by Gasteiger charge is -2.26. The number of aliphatic hydroxyl groups is 1. The van der Waals surface area contributed by atoms with Gasteiger partial charge in [0, 0.05) is 23.9 Å². The standard InChI is InChI=1S/C21H20N4O3/c1-28-16-4-2-3-14(9-16)19(12-26)25-11-15-6-5-13(10-17(15)20(25)27)18-7-8-23-21(22)24-18/h2-10,19,26H,11-12H2,1H3,(H2,22,23,24). The van der Waals surface area contributed by atoms with Gasteiger partial charge in [0.05, 0.1) is 25.5 Å². The number of nitrogens with two attached hydrogens (primary N) is 1. The van der Waals surface area contributed by atoms with Crippen molar-refractivity contribution in [2.45, 2.75) is 12.6 Å². The maximum absolute atomic E-state index is 13.1. The molecular weight excluding hydrogens is 356 g/mol. The number of fused-ring (bicyclic) bond motifs is 1. The van der Waals surface area contributed by atoms with Gasteiger partial charge in [-0.2, -0.15) is 0 Å². The third-order valence-corrected chi connectivity index (χ3v) is 4.94. The van der Waals surface area contributed by atoms with Crippen LogP contribution in [0.4, 0.5) is 5.95 Å². The molecule has 0 saturated heterocycles. The molecule has 0 spiro atoms. The van der Waals surface area contributed by atoms with E-state index in [-0.39, 0.29) is 18.5 Å². The number of nitrogen functional groups attached to an aromatic ring is 1. The Labute approximate surface area is 162 Å². The highest BCUT2D eigenvalue weighted by atomic mass is 16.5. The molecule has 3 N–H and O–H groups in total. The molecule has 0 fully saturated rings. The molecule has 0 radical (unpaired) electrons. The molecule has 2 heterocycles. The summed E-state index contributed by atoms with van der Waals surface area (Å²) in [6, 6.07) is 14.4. The maximum Gasteiger partial charge on any atom is 0.255 e. The van der Waals surface area contributed by atoms with Gasteiger partial charge in [-0.1, -0.05) is 24.3 Å². The zero-order valence-electron chi connectivity index (χ0n) is 15.4. The van der Waals surface area contributed by atoms with Crippen LogP contribution < -0.4 is 10.5 Å². The third kappa shape index (κ3) is 3.16. The van der Waals surface area contributed by atoms with Gasteiger partial charge in [-0.3, -0.25) is 4.79 Å². The number of benzene rings is 2. The monoisotopic (exact) mass is 376 g/mol. The maximum atomic E-state index is 13.1. The van der Waals surface area contributed by atoms with Crippen LogP contribution >= 0.6 is 0 Å². The molecule has 1 amide bonds. The Kier molecular flexibility index (Phi) is 4.67. The summed E-state index contributed by atoms with van der Waals surface area (Å²) in [5, 5.41) is 10.00. The number of rotatable bonds is 5. The Bertz CT molecular complexity index is 1040. The van der Waals surface area contributed by atoms with Crippen LogP contribution in [0.2, 0.25) is 0 Å². The van der Waals surface area contributed by atoms with Gasteiger partial charge in [0.2, 0.25) is 5.95 Å². The van der Waals surface area contributed by atoms with E-state index >= 15 is 0 Å². The molecule has 142 valence electrons. The first-order valence-corrected chi connectivity index (χ1v) is 8.88. The number of anilines is 1. The Morgan fingerprint density at radius 1 is 1.25 bits per heavy atom. The van der Waals surface area contributed by atoms with Gasteiger partial charge >= 0.3 is 0 Å². The first-order valence-electron chi connectivity index (χ1n) is 8.88. The molecule has 1 unspecified atom stereocenters. The van der Waals surface area contributed by atoms with Crippen molar-refractivity contribution in [1.29, 1.82) is 0 Å². The molecule has 0 bridgehead atoms. The molecule has 2 aromatic carbocycles. The van der Waals surface area contributed by atoms with Gasteiger partial charge in [0.1, 0.15) is 5.75 Å². The lowest BCUT2D eigenvalue weighted by Crippen LogP contribution is -2.31. The molecule has 0 aliphatic carbocycles. The number of hydrogen-bond donors (Lipinski definition) is 2. The van der Waals surface area contributed by atoms with E-state index in [0.29, 0.717) is 23.6 Å². The summed E-state index contributed by atoms with van der Waals surface area (Å²) in [6.07, 6.45) is 1.59. The van der Waals surface area contributed by atoms with Crippen molar-refractivity contribution in [3.63, 3.8) is 0 Å². The van der Waals surface area contributed by atoms with E-state index in [0.717, 1.165) is 16.7 Å². The summed E-state index contributed by atoms with van der Waals surface area (Å²) < 4.78 is 5.27. The molecule has 1 atom stereocenters. The van der Waals surface area contributed by atoms with Gasteiger partial charge in [0.25, 0.3) is 5.91 Å². The van der Waals surface area contributed by atoms with Crippen molar-refractivity contribution in [3.05, 3.63) is 71.4 Å². The van der Waals surface area contributed by atoms with E-state index in [2.05, 4.69) is 9.97 Å². The summed E-state index contributed by atoms with van der Waals surface area (Å²) in [5.41, 5.74) is 9.47. The van der Waals surface area contributed by atoms with Crippen molar-refractivity contribution in [2.24, 2.45) is 0 Å². The molecule has 1 aliphatic rings. The zero-order valence-corrected chi connectivity index (χ0v) is 15.4. The zero-order chi connectivity index (χ0) is 19.7. The van der Waals surface area contributed by atoms with E-state index in [9.17, 15) is 9.90 Å². The van der Waals surface area contributed by atoms with E-state index in [1.165, 1.54) is 0 Å². The highest BCUT2D eigenvalue weighted by molar-refractivity contribution is 5.99. The van der Waals surface area contributed by atoms with Crippen molar-refractivity contribution in [2.75, 3.05) is 19.5 Å². The lowest BCUT2D eigenvalue weighted by molar-refractivity contribution is 0.0615. The van der Waals surface area contributed by atoms with E-state index in [1.54, 1.807) is 24.3 Å². The fourth-order valence-electron chi connectivity index (χ4n) is 3.50. The van der Waals surface area contributed by atoms with Gasteiger partial charge in [0.15, 0.2) is 0 Å². The minimum Gasteiger partial charge on any atom is -0.497 e. The van der Waals surface area contributed by atoms with Crippen molar-refractivity contribution in [1.82, 2.24) is 14.9 Å². The topological polar surface area (TPSA) is 102 Å². The number of nitrogens with zero attached hydrogens (tertiary/aromatic N) is 3. The van der Waals surface area contributed by atoms with Crippen LogP contribution in [0.25, 0.3) is 11.3 Å². The molecule has 0 saturated carbocycles. The quantitative estimate of drug-likeness (QED) is 0.709. The molecular formula is C21H20N4O3. The van der Waals surface area contributed by atoms with Gasteiger partial charge in [-0.25, -0.2) is 9.97 Å². The van der Waals surface area contributed by atoms with Crippen LogP contribution in [0.5, 0.6) is 5.75 Å². The Morgan fingerprint density at radius 3 is 2.86 bits per heavy atom. The van der Waals surface area contributed by atoms with Crippen LogP contribution in [-0.2, 0) is 6.54 Å². The smallest absolute Gasteiger partial charge is 0.255 e. The van der Waals surface area contributed by atoms with Gasteiger partial charge in [-0.05, 0) is 35.4 Å². The summed E-state index contributed by atoms with van der Waals surface area (Å²) in [5.74, 6) is 0.744. The normalized spacial score (nSPS) is 14.1. The van der Waals surface area contributed by atoms with Crippen molar-refractivity contribution >= 4 is 11.9 Å². The second-order valence-electron chi connectivity index (χ2n) is 6.58. The predicted octanol–water partition coefficient (Wildman–Crippen LogP) is 2.42. The number of aromatic nitrogens is 2. The van der Waals surface area contributed by atoms with Crippen molar-refractivity contribution in [3.8, 4) is 17.0 Å². The van der Waals surface area contributed by atoms with E-state index in [4.69, 9.17) is 10.5 Å². The Morgan fingerprint density at radius 2 is 2.11 bits per heavy atom. The molecule has 7 heteroatoms. The first-order chi connectivity index (χ1) is 13.6. The van der Waals surface area contributed by atoms with Crippen LogP contribution in [0.15, 0.2) is 54.7 Å².